The molecule has 1 aliphatic rings. The van der Waals surface area contributed by atoms with E-state index in [0.717, 1.165) is 43.0 Å². The number of halogens is 1. The Hall–Kier alpha value is -2.80. The summed E-state index contributed by atoms with van der Waals surface area (Å²) in [6.45, 7) is 1.80. The van der Waals surface area contributed by atoms with Gasteiger partial charge in [0, 0.05) is 43.3 Å². The number of nitrogens with zero attached hydrogens (tertiary/aromatic N) is 6. The second-order valence-electron chi connectivity index (χ2n) is 6.13. The van der Waals surface area contributed by atoms with Crippen molar-refractivity contribution in [3.05, 3.63) is 54.1 Å². The predicted octanol–water partition coefficient (Wildman–Crippen LogP) is 3.06. The molecule has 1 N–H and O–H groups in total. The van der Waals surface area contributed by atoms with Gasteiger partial charge in [-0.2, -0.15) is 0 Å². The molecule has 7 nitrogen and oxygen atoms in total. The lowest BCUT2D eigenvalue weighted by atomic mass is 10.1. The van der Waals surface area contributed by atoms with Gasteiger partial charge in [-0.15, -0.1) is 10.2 Å². The van der Waals surface area contributed by atoms with Crippen LogP contribution in [-0.2, 0) is 0 Å². The minimum atomic E-state index is 0.329. The molecule has 132 valence electrons. The Balaban J connectivity index is 1.38. The predicted molar refractivity (Wildman–Crippen MR) is 101 cm³/mol. The van der Waals surface area contributed by atoms with Crippen LogP contribution in [0.3, 0.4) is 0 Å². The zero-order chi connectivity index (χ0) is 17.8. The third-order valence-electron chi connectivity index (χ3n) is 4.38. The van der Waals surface area contributed by atoms with E-state index in [0.29, 0.717) is 17.1 Å². The maximum atomic E-state index is 5.80. The number of aromatic nitrogens is 5. The lowest BCUT2D eigenvalue weighted by Gasteiger charge is -2.32. The van der Waals surface area contributed by atoms with Crippen molar-refractivity contribution in [2.24, 2.45) is 0 Å². The number of hydrogen-bond donors (Lipinski definition) is 1. The first-order valence-corrected chi connectivity index (χ1v) is 8.90. The molecular weight excluding hydrogens is 350 g/mol. The van der Waals surface area contributed by atoms with Crippen LogP contribution in [0.1, 0.15) is 12.8 Å². The third kappa shape index (κ3) is 3.88. The first kappa shape index (κ1) is 16.7. The molecule has 0 aromatic carbocycles. The number of pyridine rings is 1. The van der Waals surface area contributed by atoms with E-state index in [-0.39, 0.29) is 0 Å². The van der Waals surface area contributed by atoms with Gasteiger partial charge in [0.2, 0.25) is 5.95 Å². The van der Waals surface area contributed by atoms with Gasteiger partial charge in [0.25, 0.3) is 0 Å². The average molecular weight is 368 g/mol. The molecule has 0 amide bonds. The van der Waals surface area contributed by atoms with E-state index in [2.05, 4.69) is 35.4 Å². The van der Waals surface area contributed by atoms with Crippen molar-refractivity contribution in [3.8, 4) is 11.3 Å². The van der Waals surface area contributed by atoms with Crippen LogP contribution in [0.15, 0.2) is 48.9 Å². The van der Waals surface area contributed by atoms with Crippen molar-refractivity contribution in [2.45, 2.75) is 18.9 Å². The molecule has 8 heteroatoms. The van der Waals surface area contributed by atoms with Crippen LogP contribution in [0, 0.1) is 0 Å². The van der Waals surface area contributed by atoms with Crippen molar-refractivity contribution in [1.82, 2.24) is 25.1 Å². The van der Waals surface area contributed by atoms with Crippen LogP contribution in [-0.4, -0.2) is 44.3 Å². The topological polar surface area (TPSA) is 79.7 Å². The van der Waals surface area contributed by atoms with E-state index in [1.165, 1.54) is 0 Å². The quantitative estimate of drug-likeness (QED) is 0.759. The molecule has 4 heterocycles. The molecule has 3 aromatic heterocycles. The Bertz CT molecular complexity index is 849. The normalized spacial score (nSPS) is 15.0. The molecule has 0 unspecified atom stereocenters. The van der Waals surface area contributed by atoms with E-state index >= 15 is 0 Å². The summed E-state index contributed by atoms with van der Waals surface area (Å²) in [5, 5.41) is 11.9. The van der Waals surface area contributed by atoms with Crippen LogP contribution in [0.25, 0.3) is 11.3 Å². The maximum Gasteiger partial charge on any atom is 0.223 e. The smallest absolute Gasteiger partial charge is 0.223 e. The van der Waals surface area contributed by atoms with Crippen LogP contribution in [0.4, 0.5) is 11.8 Å². The molecule has 4 rings (SSSR count). The molecule has 1 fully saturated rings. The summed E-state index contributed by atoms with van der Waals surface area (Å²) < 4.78 is 0. The van der Waals surface area contributed by atoms with Crippen LogP contribution >= 0.6 is 11.6 Å². The number of piperidine rings is 1. The molecule has 1 saturated heterocycles. The second-order valence-corrected chi connectivity index (χ2v) is 6.51. The average Bonchev–Trinajstić information content (AvgIpc) is 2.70. The van der Waals surface area contributed by atoms with Crippen LogP contribution < -0.4 is 10.2 Å². The minimum absolute atomic E-state index is 0.329. The van der Waals surface area contributed by atoms with Crippen molar-refractivity contribution in [3.63, 3.8) is 0 Å². The molecule has 26 heavy (non-hydrogen) atoms. The molecule has 1 aliphatic heterocycles. The van der Waals surface area contributed by atoms with Gasteiger partial charge in [0.15, 0.2) is 11.0 Å². The van der Waals surface area contributed by atoms with E-state index in [4.69, 9.17) is 11.6 Å². The van der Waals surface area contributed by atoms with Crippen LogP contribution in [0.2, 0.25) is 5.15 Å². The highest BCUT2D eigenvalue weighted by atomic mass is 35.5. The van der Waals surface area contributed by atoms with Gasteiger partial charge in [-0.25, -0.2) is 9.97 Å². The van der Waals surface area contributed by atoms with Gasteiger partial charge in [-0.1, -0.05) is 11.6 Å². The number of anilines is 2. The first-order valence-electron chi connectivity index (χ1n) is 8.52. The van der Waals surface area contributed by atoms with E-state index < -0.39 is 0 Å². The summed E-state index contributed by atoms with van der Waals surface area (Å²) in [4.78, 5) is 15.3. The fraction of sp³-hybridized carbons (Fsp3) is 0.278. The molecule has 0 bridgehead atoms. The van der Waals surface area contributed by atoms with E-state index in [1.54, 1.807) is 24.7 Å². The fourth-order valence-electron chi connectivity index (χ4n) is 3.02. The molecule has 0 aliphatic carbocycles. The summed E-state index contributed by atoms with van der Waals surface area (Å²) >= 11 is 5.80. The fourth-order valence-corrected chi connectivity index (χ4v) is 3.12. The molecule has 3 aromatic rings. The summed E-state index contributed by atoms with van der Waals surface area (Å²) in [5.74, 6) is 1.51. The number of nitrogens with one attached hydrogen (secondary N) is 1. The third-order valence-corrected chi connectivity index (χ3v) is 4.58. The maximum absolute atomic E-state index is 5.80. The Kier molecular flexibility index (Phi) is 4.88. The Morgan fingerprint density at radius 2 is 1.92 bits per heavy atom. The summed E-state index contributed by atoms with van der Waals surface area (Å²) in [6, 6.07) is 9.79. The molecular formula is C18H18ClN7. The van der Waals surface area contributed by atoms with Gasteiger partial charge < -0.3 is 10.2 Å². The van der Waals surface area contributed by atoms with Gasteiger partial charge in [0.1, 0.15) is 0 Å². The monoisotopic (exact) mass is 367 g/mol. The second kappa shape index (κ2) is 7.61. The molecule has 0 spiro atoms. The van der Waals surface area contributed by atoms with Gasteiger partial charge in [0.05, 0.1) is 5.69 Å². The SMILES string of the molecule is Clc1ccc(N2CCC(Nc3nccc(-c4cccnc4)n3)CC2)nn1. The lowest BCUT2D eigenvalue weighted by molar-refractivity contribution is 0.519. The Morgan fingerprint density at radius 1 is 1.04 bits per heavy atom. The Labute approximate surface area is 156 Å². The van der Waals surface area contributed by atoms with Crippen molar-refractivity contribution < 1.29 is 0 Å². The van der Waals surface area contributed by atoms with Crippen molar-refractivity contribution in [2.75, 3.05) is 23.3 Å². The van der Waals surface area contributed by atoms with E-state index in [1.807, 2.05) is 24.3 Å². The first-order chi connectivity index (χ1) is 12.8. The summed E-state index contributed by atoms with van der Waals surface area (Å²) in [5.41, 5.74) is 1.85. The van der Waals surface area contributed by atoms with Gasteiger partial charge in [-0.3, -0.25) is 4.98 Å². The summed E-state index contributed by atoms with van der Waals surface area (Å²) in [7, 11) is 0. The lowest BCUT2D eigenvalue weighted by Crippen LogP contribution is -2.39. The highest BCUT2D eigenvalue weighted by molar-refractivity contribution is 6.29. The number of rotatable bonds is 4. The zero-order valence-corrected chi connectivity index (χ0v) is 14.8. The highest BCUT2D eigenvalue weighted by Crippen LogP contribution is 2.21. The van der Waals surface area contributed by atoms with Crippen molar-refractivity contribution >= 4 is 23.4 Å². The molecule has 0 saturated carbocycles. The number of hydrogen-bond acceptors (Lipinski definition) is 7. The minimum Gasteiger partial charge on any atom is -0.355 e. The zero-order valence-electron chi connectivity index (χ0n) is 14.1. The standard InChI is InChI=1S/C18H18ClN7/c19-16-3-4-17(25-24-16)26-10-6-14(7-11-26)22-18-21-9-5-15(23-18)13-2-1-8-20-12-13/h1-5,8-9,12,14H,6-7,10-11H2,(H,21,22,23). The molecule has 0 radical (unpaired) electrons. The van der Waals surface area contributed by atoms with Gasteiger partial charge >= 0.3 is 0 Å². The summed E-state index contributed by atoms with van der Waals surface area (Å²) in [6.07, 6.45) is 7.28. The van der Waals surface area contributed by atoms with Crippen LogP contribution in [0.5, 0.6) is 0 Å². The largest absolute Gasteiger partial charge is 0.355 e. The Morgan fingerprint density at radius 3 is 2.65 bits per heavy atom. The van der Waals surface area contributed by atoms with Gasteiger partial charge in [-0.05, 0) is 43.2 Å². The van der Waals surface area contributed by atoms with Crippen molar-refractivity contribution in [1.29, 1.82) is 0 Å². The molecule has 0 atom stereocenters. The van der Waals surface area contributed by atoms with E-state index in [9.17, 15) is 0 Å². The highest BCUT2D eigenvalue weighted by Gasteiger charge is 2.21.